The number of aromatic amines is 1. The molecule has 1 fully saturated rings. The van der Waals surface area contributed by atoms with Crippen LogP contribution >= 0.6 is 0 Å². The van der Waals surface area contributed by atoms with Crippen molar-refractivity contribution in [3.05, 3.63) is 47.0 Å². The molecule has 0 spiro atoms. The summed E-state index contributed by atoms with van der Waals surface area (Å²) in [6, 6.07) is 5.46. The SMILES string of the molecule is CNC(=O)c1cn[nH]c1C1(C)CCCN(C(=O)c2cccc(C)n2)C1. The summed E-state index contributed by atoms with van der Waals surface area (Å²) < 4.78 is 0. The van der Waals surface area contributed by atoms with Crippen molar-refractivity contribution < 1.29 is 9.59 Å². The minimum atomic E-state index is -0.351. The molecule has 7 nitrogen and oxygen atoms in total. The van der Waals surface area contributed by atoms with E-state index in [0.29, 0.717) is 24.3 Å². The number of amides is 2. The largest absolute Gasteiger partial charge is 0.355 e. The molecule has 3 heterocycles. The van der Waals surface area contributed by atoms with E-state index < -0.39 is 0 Å². The molecule has 1 aliphatic heterocycles. The Bertz CT molecular complexity index is 800. The molecular weight excluding hydrogens is 318 g/mol. The van der Waals surface area contributed by atoms with Crippen LogP contribution in [0.5, 0.6) is 0 Å². The predicted molar refractivity (Wildman–Crippen MR) is 93.4 cm³/mol. The van der Waals surface area contributed by atoms with E-state index in [9.17, 15) is 9.59 Å². The van der Waals surface area contributed by atoms with Crippen molar-refractivity contribution in [1.29, 1.82) is 0 Å². The Hall–Kier alpha value is -2.70. The van der Waals surface area contributed by atoms with Gasteiger partial charge in [0.05, 0.1) is 17.5 Å². The highest BCUT2D eigenvalue weighted by Crippen LogP contribution is 2.34. The lowest BCUT2D eigenvalue weighted by molar-refractivity contribution is 0.0640. The molecule has 3 rings (SSSR count). The fourth-order valence-electron chi connectivity index (χ4n) is 3.49. The first-order valence-electron chi connectivity index (χ1n) is 8.43. The van der Waals surface area contributed by atoms with Gasteiger partial charge in [-0.3, -0.25) is 14.7 Å². The first-order valence-corrected chi connectivity index (χ1v) is 8.43. The Labute approximate surface area is 146 Å². The average molecular weight is 341 g/mol. The fraction of sp³-hybridized carbons (Fsp3) is 0.444. The molecule has 2 aromatic heterocycles. The van der Waals surface area contributed by atoms with E-state index in [1.54, 1.807) is 19.3 Å². The second kappa shape index (κ2) is 6.66. The van der Waals surface area contributed by atoms with Gasteiger partial charge in [0.1, 0.15) is 5.69 Å². The third-order valence-corrected chi connectivity index (χ3v) is 4.81. The molecule has 0 aromatic carbocycles. The van der Waals surface area contributed by atoms with Crippen LogP contribution < -0.4 is 5.32 Å². The normalized spacial score (nSPS) is 20.4. The first kappa shape index (κ1) is 17.1. The summed E-state index contributed by atoms with van der Waals surface area (Å²) in [5.74, 6) is -0.246. The highest BCUT2D eigenvalue weighted by molar-refractivity contribution is 5.95. The molecule has 0 radical (unpaired) electrons. The Morgan fingerprint density at radius 2 is 2.16 bits per heavy atom. The minimum absolute atomic E-state index is 0.0735. The zero-order valence-corrected chi connectivity index (χ0v) is 14.8. The van der Waals surface area contributed by atoms with Gasteiger partial charge in [-0.25, -0.2) is 4.98 Å². The van der Waals surface area contributed by atoms with Crippen LogP contribution in [0.2, 0.25) is 0 Å². The van der Waals surface area contributed by atoms with Crippen molar-refractivity contribution in [3.63, 3.8) is 0 Å². The predicted octanol–water partition coefficient (Wildman–Crippen LogP) is 1.67. The summed E-state index contributed by atoms with van der Waals surface area (Å²) >= 11 is 0. The highest BCUT2D eigenvalue weighted by atomic mass is 16.2. The van der Waals surface area contributed by atoms with Crippen molar-refractivity contribution >= 4 is 11.8 Å². The molecule has 1 atom stereocenters. The van der Waals surface area contributed by atoms with Gasteiger partial charge in [-0.15, -0.1) is 0 Å². The lowest BCUT2D eigenvalue weighted by Gasteiger charge is -2.40. The number of piperidine rings is 1. The molecule has 1 unspecified atom stereocenters. The molecule has 2 N–H and O–H groups in total. The maximum absolute atomic E-state index is 12.8. The molecule has 1 saturated heterocycles. The van der Waals surface area contributed by atoms with Crippen LogP contribution in [0.25, 0.3) is 0 Å². The average Bonchev–Trinajstić information content (AvgIpc) is 3.11. The molecule has 0 aliphatic carbocycles. The van der Waals surface area contributed by atoms with Crippen LogP contribution in [0, 0.1) is 6.92 Å². The van der Waals surface area contributed by atoms with E-state index in [1.807, 2.05) is 24.0 Å². The van der Waals surface area contributed by atoms with E-state index in [0.717, 1.165) is 24.2 Å². The van der Waals surface area contributed by atoms with E-state index in [2.05, 4.69) is 27.4 Å². The summed E-state index contributed by atoms with van der Waals surface area (Å²) in [6.45, 7) is 5.15. The molecule has 1 aliphatic rings. The molecule has 0 bridgehead atoms. The Morgan fingerprint density at radius 3 is 2.88 bits per heavy atom. The Kier molecular flexibility index (Phi) is 4.57. The second-order valence-corrected chi connectivity index (χ2v) is 6.79. The number of rotatable bonds is 3. The lowest BCUT2D eigenvalue weighted by Crippen LogP contribution is -2.48. The van der Waals surface area contributed by atoms with Gasteiger partial charge >= 0.3 is 0 Å². The number of aromatic nitrogens is 3. The van der Waals surface area contributed by atoms with E-state index in [4.69, 9.17) is 0 Å². The van der Waals surface area contributed by atoms with Gasteiger partial charge in [-0.1, -0.05) is 13.0 Å². The van der Waals surface area contributed by atoms with Crippen LogP contribution in [-0.2, 0) is 5.41 Å². The Morgan fingerprint density at radius 1 is 1.36 bits per heavy atom. The fourth-order valence-corrected chi connectivity index (χ4v) is 3.49. The maximum atomic E-state index is 12.8. The van der Waals surface area contributed by atoms with Gasteiger partial charge < -0.3 is 10.2 Å². The second-order valence-electron chi connectivity index (χ2n) is 6.79. The lowest BCUT2D eigenvalue weighted by atomic mass is 9.77. The van der Waals surface area contributed by atoms with Crippen LogP contribution in [0.3, 0.4) is 0 Å². The van der Waals surface area contributed by atoms with Crippen LogP contribution in [-0.4, -0.2) is 52.0 Å². The van der Waals surface area contributed by atoms with Gasteiger partial charge in [-0.2, -0.15) is 5.10 Å². The van der Waals surface area contributed by atoms with Crippen LogP contribution in [0.1, 0.15) is 52.0 Å². The topological polar surface area (TPSA) is 91.0 Å². The number of pyridine rings is 1. The van der Waals surface area contributed by atoms with Crippen molar-refractivity contribution in [2.75, 3.05) is 20.1 Å². The number of carbonyl (C=O) groups is 2. The van der Waals surface area contributed by atoms with Gasteiger partial charge in [0.15, 0.2) is 0 Å². The van der Waals surface area contributed by atoms with Crippen LogP contribution in [0.4, 0.5) is 0 Å². The zero-order chi connectivity index (χ0) is 18.0. The minimum Gasteiger partial charge on any atom is -0.355 e. The van der Waals surface area contributed by atoms with E-state index in [-0.39, 0.29) is 17.2 Å². The summed E-state index contributed by atoms with van der Waals surface area (Å²) in [5.41, 5.74) is 2.24. The number of aryl methyl sites for hydroxylation is 1. The maximum Gasteiger partial charge on any atom is 0.272 e. The number of nitrogens with zero attached hydrogens (tertiary/aromatic N) is 3. The standard InChI is InChI=1S/C18H23N5O2/c1-12-6-4-7-14(21-12)17(25)23-9-5-8-18(2,11-23)15-13(10-20-22-15)16(24)19-3/h4,6-7,10H,5,8-9,11H2,1-3H3,(H,19,24)(H,20,22). The highest BCUT2D eigenvalue weighted by Gasteiger charge is 2.38. The zero-order valence-electron chi connectivity index (χ0n) is 14.8. The Balaban J connectivity index is 1.87. The van der Waals surface area contributed by atoms with Gasteiger partial charge in [0.2, 0.25) is 0 Å². The first-order chi connectivity index (χ1) is 11.9. The quantitative estimate of drug-likeness (QED) is 0.888. The molecule has 7 heteroatoms. The molecule has 2 aromatic rings. The van der Waals surface area contributed by atoms with Gasteiger partial charge in [0.25, 0.3) is 11.8 Å². The number of carbonyl (C=O) groups excluding carboxylic acids is 2. The van der Waals surface area contributed by atoms with Gasteiger partial charge in [0, 0.05) is 31.2 Å². The van der Waals surface area contributed by atoms with Gasteiger partial charge in [-0.05, 0) is 31.9 Å². The number of hydrogen-bond donors (Lipinski definition) is 2. The van der Waals surface area contributed by atoms with Crippen molar-refractivity contribution in [2.24, 2.45) is 0 Å². The summed E-state index contributed by atoms with van der Waals surface area (Å²) in [5, 5.41) is 9.67. The monoisotopic (exact) mass is 341 g/mol. The summed E-state index contributed by atoms with van der Waals surface area (Å²) in [7, 11) is 1.60. The molecule has 132 valence electrons. The van der Waals surface area contributed by atoms with Crippen molar-refractivity contribution in [2.45, 2.75) is 32.1 Å². The number of nitrogens with one attached hydrogen (secondary N) is 2. The number of likely N-dealkylation sites (tertiary alicyclic amines) is 1. The smallest absolute Gasteiger partial charge is 0.272 e. The van der Waals surface area contributed by atoms with Crippen LogP contribution in [0.15, 0.2) is 24.4 Å². The molecular formula is C18H23N5O2. The third-order valence-electron chi connectivity index (χ3n) is 4.81. The summed E-state index contributed by atoms with van der Waals surface area (Å²) in [6.07, 6.45) is 3.28. The number of hydrogen-bond acceptors (Lipinski definition) is 4. The van der Waals surface area contributed by atoms with E-state index in [1.165, 1.54) is 0 Å². The number of H-pyrrole nitrogens is 1. The van der Waals surface area contributed by atoms with Crippen molar-refractivity contribution in [3.8, 4) is 0 Å². The molecule has 0 saturated carbocycles. The third kappa shape index (κ3) is 3.26. The summed E-state index contributed by atoms with van der Waals surface area (Å²) in [4.78, 5) is 31.1. The molecule has 2 amide bonds. The van der Waals surface area contributed by atoms with Crippen molar-refractivity contribution in [1.82, 2.24) is 25.4 Å². The van der Waals surface area contributed by atoms with E-state index >= 15 is 0 Å². The molecule has 25 heavy (non-hydrogen) atoms.